The first-order valence-corrected chi connectivity index (χ1v) is 13.6. The summed E-state index contributed by atoms with van der Waals surface area (Å²) in [7, 11) is 0. The maximum absolute atomic E-state index is 12.5. The molecular weight excluding hydrogens is 642 g/mol. The zero-order chi connectivity index (χ0) is 31.1. The van der Waals surface area contributed by atoms with E-state index in [-0.39, 0.29) is 16.4 Å². The molecule has 1 saturated heterocycles. The van der Waals surface area contributed by atoms with Crippen LogP contribution >= 0.6 is 28.1 Å². The molecule has 42 heavy (non-hydrogen) atoms. The Bertz CT molecular complexity index is 1480. The summed E-state index contributed by atoms with van der Waals surface area (Å²) in [5, 5.41) is 7.41. The Morgan fingerprint density at radius 1 is 0.929 bits per heavy atom. The molecule has 0 spiro atoms. The Hall–Kier alpha value is -3.89. The minimum atomic E-state index is -1.38. The second-order valence-electron chi connectivity index (χ2n) is 9.03. The molecule has 5 atom stereocenters. The third-order valence-electron chi connectivity index (χ3n) is 5.67. The lowest BCUT2D eigenvalue weighted by Gasteiger charge is -2.44. The summed E-state index contributed by atoms with van der Waals surface area (Å²) in [6, 6.07) is 6.79. The standard InChI is InChI=1S/C26H28BrN3O11S/c1-11(18-9-16-8-17(27)6-7-19(16)41-25(18)35)29-30-26(42)28-24-23(39-15(5)34)22(38-14(4)33)21(37-13(3)32)20(40-24)10-36-12(2)31/h6-9,20-24H,10H2,1-5H3,(H2,28,30,42)/b29-11+/t20-,21-,22+,23-,24-/m1/s1. The molecule has 1 aliphatic heterocycles. The lowest BCUT2D eigenvalue weighted by Crippen LogP contribution is -2.66. The van der Waals surface area contributed by atoms with Crippen LogP contribution in [0.25, 0.3) is 11.0 Å². The Labute approximate surface area is 253 Å². The van der Waals surface area contributed by atoms with Gasteiger partial charge in [-0.25, -0.2) is 4.79 Å². The van der Waals surface area contributed by atoms with E-state index in [1.807, 2.05) is 0 Å². The van der Waals surface area contributed by atoms with Gasteiger partial charge in [0.2, 0.25) is 0 Å². The number of ether oxygens (including phenoxy) is 5. The van der Waals surface area contributed by atoms with Gasteiger partial charge in [-0.2, -0.15) is 5.10 Å². The lowest BCUT2D eigenvalue weighted by molar-refractivity contribution is -0.254. The number of benzene rings is 1. The fourth-order valence-electron chi connectivity index (χ4n) is 4.05. The van der Waals surface area contributed by atoms with E-state index in [4.69, 9.17) is 40.3 Å². The fourth-order valence-corrected chi connectivity index (χ4v) is 4.59. The molecule has 0 saturated carbocycles. The Balaban J connectivity index is 1.87. The monoisotopic (exact) mass is 669 g/mol. The molecule has 1 fully saturated rings. The largest absolute Gasteiger partial charge is 0.463 e. The van der Waals surface area contributed by atoms with Crippen LogP contribution in [0.15, 0.2) is 43.1 Å². The van der Waals surface area contributed by atoms with Gasteiger partial charge in [-0.15, -0.1) is 0 Å². The highest BCUT2D eigenvalue weighted by atomic mass is 79.9. The average Bonchev–Trinajstić information content (AvgIpc) is 2.88. The van der Waals surface area contributed by atoms with Crippen LogP contribution in [0.2, 0.25) is 0 Å². The summed E-state index contributed by atoms with van der Waals surface area (Å²) in [6.45, 7) is 5.67. The summed E-state index contributed by atoms with van der Waals surface area (Å²) in [4.78, 5) is 59.8. The van der Waals surface area contributed by atoms with Crippen molar-refractivity contribution in [2.75, 3.05) is 6.61 Å². The molecule has 0 aliphatic carbocycles. The molecular formula is C26H28BrN3O11S. The molecule has 2 N–H and O–H groups in total. The lowest BCUT2D eigenvalue weighted by atomic mass is 9.97. The SMILES string of the molecule is CC(=O)OC[C@H]1O[C@@H](NC(=S)N/N=C(\C)c2cc3cc(Br)ccc3oc2=O)[C@H](OC(C)=O)[C@@H](OC(C)=O)[C@@H]1OC(C)=O. The number of hydrazone groups is 1. The first-order chi connectivity index (χ1) is 19.7. The number of nitrogens with one attached hydrogen (secondary N) is 2. The number of hydrogen-bond donors (Lipinski definition) is 2. The van der Waals surface area contributed by atoms with Crippen molar-refractivity contribution in [1.29, 1.82) is 0 Å². The smallest absolute Gasteiger partial charge is 0.345 e. The van der Waals surface area contributed by atoms with Crippen molar-refractivity contribution in [2.45, 2.75) is 65.3 Å². The van der Waals surface area contributed by atoms with E-state index in [9.17, 15) is 24.0 Å². The minimum absolute atomic E-state index is 0.150. The van der Waals surface area contributed by atoms with Crippen molar-refractivity contribution in [3.05, 3.63) is 44.7 Å². The molecule has 1 aliphatic rings. The maximum atomic E-state index is 12.5. The highest BCUT2D eigenvalue weighted by Crippen LogP contribution is 2.28. The van der Waals surface area contributed by atoms with Crippen LogP contribution in [0.4, 0.5) is 0 Å². The number of thiocarbonyl (C=S) groups is 1. The maximum Gasteiger partial charge on any atom is 0.345 e. The number of carbonyl (C=O) groups is 4. The molecule has 2 aromatic rings. The molecule has 3 rings (SSSR count). The molecule has 0 amide bonds. The van der Waals surface area contributed by atoms with Crippen molar-refractivity contribution < 1.29 is 47.3 Å². The molecule has 16 heteroatoms. The highest BCUT2D eigenvalue weighted by molar-refractivity contribution is 9.10. The van der Waals surface area contributed by atoms with Gasteiger partial charge in [-0.05, 0) is 43.4 Å². The van der Waals surface area contributed by atoms with Gasteiger partial charge in [-0.1, -0.05) is 15.9 Å². The summed E-state index contributed by atoms with van der Waals surface area (Å²) in [6.07, 6.45) is -6.54. The number of esters is 4. The molecule has 0 bridgehead atoms. The Morgan fingerprint density at radius 3 is 2.17 bits per heavy atom. The Kier molecular flexibility index (Phi) is 11.1. The molecule has 2 heterocycles. The van der Waals surface area contributed by atoms with Gasteiger partial charge >= 0.3 is 29.5 Å². The van der Waals surface area contributed by atoms with Gasteiger partial charge in [0.25, 0.3) is 0 Å². The van der Waals surface area contributed by atoms with Crippen LogP contribution in [0.1, 0.15) is 40.2 Å². The molecule has 0 radical (unpaired) electrons. The topological polar surface area (TPSA) is 181 Å². The second kappa shape index (κ2) is 14.3. The van der Waals surface area contributed by atoms with E-state index in [0.29, 0.717) is 11.0 Å². The van der Waals surface area contributed by atoms with Crippen LogP contribution in [0.5, 0.6) is 0 Å². The van der Waals surface area contributed by atoms with E-state index in [2.05, 4.69) is 31.8 Å². The van der Waals surface area contributed by atoms with Gasteiger partial charge in [-0.3, -0.25) is 24.6 Å². The predicted molar refractivity (Wildman–Crippen MR) is 153 cm³/mol. The third-order valence-corrected chi connectivity index (χ3v) is 6.38. The van der Waals surface area contributed by atoms with Crippen molar-refractivity contribution in [3.63, 3.8) is 0 Å². The third kappa shape index (κ3) is 8.80. The predicted octanol–water partition coefficient (Wildman–Crippen LogP) is 1.83. The zero-order valence-electron chi connectivity index (χ0n) is 23.1. The van der Waals surface area contributed by atoms with Crippen LogP contribution in [-0.2, 0) is 42.9 Å². The summed E-state index contributed by atoms with van der Waals surface area (Å²) in [5.41, 5.74) is 2.75. The molecule has 226 valence electrons. The summed E-state index contributed by atoms with van der Waals surface area (Å²) >= 11 is 8.71. The van der Waals surface area contributed by atoms with E-state index >= 15 is 0 Å². The van der Waals surface area contributed by atoms with Crippen molar-refractivity contribution in [1.82, 2.24) is 10.7 Å². The van der Waals surface area contributed by atoms with Crippen molar-refractivity contribution in [3.8, 4) is 0 Å². The normalized spacial score (nSPS) is 22.0. The van der Waals surface area contributed by atoms with Gasteiger partial charge in [0.15, 0.2) is 29.7 Å². The van der Waals surface area contributed by atoms with Gasteiger partial charge < -0.3 is 33.4 Å². The number of hydrogen-bond acceptors (Lipinski definition) is 13. The molecule has 1 aromatic carbocycles. The number of nitrogens with zero attached hydrogens (tertiary/aromatic N) is 1. The van der Waals surface area contributed by atoms with Crippen molar-refractivity contribution >= 4 is 73.8 Å². The number of fused-ring (bicyclic) bond motifs is 1. The zero-order valence-corrected chi connectivity index (χ0v) is 25.5. The minimum Gasteiger partial charge on any atom is -0.463 e. The summed E-state index contributed by atoms with van der Waals surface area (Å²) < 4.78 is 33.2. The van der Waals surface area contributed by atoms with Crippen LogP contribution in [0.3, 0.4) is 0 Å². The average molecular weight is 670 g/mol. The van der Waals surface area contributed by atoms with Crippen LogP contribution in [0, 0.1) is 0 Å². The quantitative estimate of drug-likeness (QED) is 0.104. The van der Waals surface area contributed by atoms with E-state index in [1.54, 1.807) is 31.2 Å². The van der Waals surface area contributed by atoms with E-state index in [1.165, 1.54) is 6.92 Å². The Morgan fingerprint density at radius 2 is 1.55 bits per heavy atom. The number of carbonyl (C=O) groups excluding carboxylic acids is 4. The first kappa shape index (κ1) is 32.6. The number of halogens is 1. The van der Waals surface area contributed by atoms with Gasteiger partial charge in [0, 0.05) is 37.6 Å². The first-order valence-electron chi connectivity index (χ1n) is 12.4. The van der Waals surface area contributed by atoms with Crippen LogP contribution < -0.4 is 16.4 Å². The summed E-state index contributed by atoms with van der Waals surface area (Å²) in [5.74, 6) is -2.95. The van der Waals surface area contributed by atoms with E-state index < -0.39 is 66.8 Å². The van der Waals surface area contributed by atoms with Gasteiger partial charge in [0.1, 0.15) is 18.3 Å². The van der Waals surface area contributed by atoms with Gasteiger partial charge in [0.05, 0.1) is 11.3 Å². The van der Waals surface area contributed by atoms with E-state index in [0.717, 1.165) is 25.2 Å². The second-order valence-corrected chi connectivity index (χ2v) is 10.4. The molecule has 14 nitrogen and oxygen atoms in total. The highest BCUT2D eigenvalue weighted by Gasteiger charge is 2.52. The molecule has 1 aromatic heterocycles. The number of rotatable bonds is 8. The van der Waals surface area contributed by atoms with Crippen LogP contribution in [-0.4, -0.2) is 72.0 Å². The van der Waals surface area contributed by atoms with Crippen molar-refractivity contribution in [2.24, 2.45) is 5.10 Å². The molecule has 0 unspecified atom stereocenters. The fraction of sp³-hybridized carbons (Fsp3) is 0.423.